The monoisotopic (exact) mass is 231 g/mol. The number of anilines is 1. The Kier molecular flexibility index (Phi) is 2.88. The normalized spacial score (nSPS) is 10.4. The number of nitrogen functional groups attached to an aromatic ring is 1. The Bertz CT molecular complexity index is 532. The van der Waals surface area contributed by atoms with Crippen molar-refractivity contribution in [1.82, 2.24) is 0 Å². The number of aryl methyl sites for hydroxylation is 1. The average molecular weight is 232 g/mol. The molecule has 0 aromatic heterocycles. The highest BCUT2D eigenvalue weighted by Gasteiger charge is 2.07. The number of hydrogen-bond acceptors (Lipinski definition) is 1. The Morgan fingerprint density at radius 3 is 2.50 bits per heavy atom. The Morgan fingerprint density at radius 1 is 1.06 bits per heavy atom. The van der Waals surface area contributed by atoms with E-state index in [-0.39, 0.29) is 0 Å². The van der Waals surface area contributed by atoms with Gasteiger partial charge in [-0.15, -0.1) is 0 Å². The van der Waals surface area contributed by atoms with Crippen LogP contribution in [0.2, 0.25) is 5.02 Å². The molecule has 0 fully saturated rings. The van der Waals surface area contributed by atoms with Crippen molar-refractivity contribution in [1.29, 1.82) is 0 Å². The molecule has 1 nitrogen and oxygen atoms in total. The highest BCUT2D eigenvalue weighted by Crippen LogP contribution is 2.33. The molecule has 0 radical (unpaired) electrons. The maximum atomic E-state index is 6.31. The van der Waals surface area contributed by atoms with Crippen LogP contribution in [0.25, 0.3) is 11.1 Å². The lowest BCUT2D eigenvalue weighted by Crippen LogP contribution is -1.92. The molecule has 0 bridgehead atoms. The van der Waals surface area contributed by atoms with E-state index in [9.17, 15) is 0 Å². The van der Waals surface area contributed by atoms with Gasteiger partial charge in [0.25, 0.3) is 0 Å². The summed E-state index contributed by atoms with van der Waals surface area (Å²) in [7, 11) is 0. The molecule has 0 heterocycles. The van der Waals surface area contributed by atoms with E-state index in [1.54, 1.807) is 0 Å². The molecule has 0 amide bonds. The van der Waals surface area contributed by atoms with Crippen LogP contribution < -0.4 is 5.73 Å². The summed E-state index contributed by atoms with van der Waals surface area (Å²) in [5, 5.41) is 0.741. The van der Waals surface area contributed by atoms with Crippen molar-refractivity contribution in [2.45, 2.75) is 13.8 Å². The molecule has 0 saturated carbocycles. The minimum Gasteiger partial charge on any atom is -0.398 e. The van der Waals surface area contributed by atoms with E-state index in [2.05, 4.69) is 25.1 Å². The lowest BCUT2D eigenvalue weighted by atomic mass is 10.0. The predicted octanol–water partition coefficient (Wildman–Crippen LogP) is 4.21. The molecule has 0 aliphatic rings. The largest absolute Gasteiger partial charge is 0.398 e. The third-order valence-electron chi connectivity index (χ3n) is 2.76. The first-order valence-corrected chi connectivity index (χ1v) is 5.59. The van der Waals surface area contributed by atoms with E-state index in [1.807, 2.05) is 25.1 Å². The molecule has 0 saturated heterocycles. The number of rotatable bonds is 1. The fourth-order valence-electron chi connectivity index (χ4n) is 1.74. The van der Waals surface area contributed by atoms with Crippen molar-refractivity contribution in [2.75, 3.05) is 5.73 Å². The molecule has 2 aromatic carbocycles. The molecule has 0 aliphatic carbocycles. The van der Waals surface area contributed by atoms with E-state index in [4.69, 9.17) is 17.3 Å². The average Bonchev–Trinajstić information content (AvgIpc) is 2.26. The first kappa shape index (κ1) is 11.0. The summed E-state index contributed by atoms with van der Waals surface area (Å²) in [4.78, 5) is 0. The molecular weight excluding hydrogens is 218 g/mol. The second kappa shape index (κ2) is 4.18. The highest BCUT2D eigenvalue weighted by atomic mass is 35.5. The van der Waals surface area contributed by atoms with Crippen LogP contribution in [0.4, 0.5) is 5.69 Å². The minimum absolute atomic E-state index is 0.737. The third kappa shape index (κ3) is 1.91. The summed E-state index contributed by atoms with van der Waals surface area (Å²) in [5.41, 5.74) is 10.9. The van der Waals surface area contributed by atoms with Crippen LogP contribution in [-0.2, 0) is 0 Å². The van der Waals surface area contributed by atoms with Crippen LogP contribution in [0.15, 0.2) is 36.4 Å². The summed E-state index contributed by atoms with van der Waals surface area (Å²) >= 11 is 6.31. The summed E-state index contributed by atoms with van der Waals surface area (Å²) < 4.78 is 0. The molecule has 2 aromatic rings. The molecule has 2 heteroatoms. The van der Waals surface area contributed by atoms with E-state index < -0.39 is 0 Å². The Morgan fingerprint density at radius 2 is 1.81 bits per heavy atom. The van der Waals surface area contributed by atoms with Crippen LogP contribution in [0.5, 0.6) is 0 Å². The van der Waals surface area contributed by atoms with Gasteiger partial charge >= 0.3 is 0 Å². The minimum atomic E-state index is 0.737. The van der Waals surface area contributed by atoms with Gasteiger partial charge < -0.3 is 5.73 Å². The highest BCUT2D eigenvalue weighted by molar-refractivity contribution is 6.34. The van der Waals surface area contributed by atoms with Crippen molar-refractivity contribution < 1.29 is 0 Å². The summed E-state index contributed by atoms with van der Waals surface area (Å²) in [5.74, 6) is 0. The lowest BCUT2D eigenvalue weighted by Gasteiger charge is -2.10. The fraction of sp³-hybridized carbons (Fsp3) is 0.143. The van der Waals surface area contributed by atoms with Gasteiger partial charge in [-0.25, -0.2) is 0 Å². The number of hydrogen-bond donors (Lipinski definition) is 1. The topological polar surface area (TPSA) is 26.0 Å². The third-order valence-corrected chi connectivity index (χ3v) is 3.24. The molecule has 0 aliphatic heterocycles. The number of nitrogens with two attached hydrogens (primary N) is 1. The summed E-state index contributed by atoms with van der Waals surface area (Å²) in [6, 6.07) is 12.2. The second-order valence-corrected chi connectivity index (χ2v) is 4.39. The molecule has 82 valence electrons. The molecular formula is C14H14ClN. The van der Waals surface area contributed by atoms with Gasteiger partial charge in [0.1, 0.15) is 0 Å². The smallest absolute Gasteiger partial charge is 0.0534 e. The maximum Gasteiger partial charge on any atom is 0.0534 e. The predicted molar refractivity (Wildman–Crippen MR) is 70.8 cm³/mol. The first-order chi connectivity index (χ1) is 7.59. The second-order valence-electron chi connectivity index (χ2n) is 4.01. The molecule has 0 atom stereocenters. The van der Waals surface area contributed by atoms with Crippen LogP contribution in [0.3, 0.4) is 0 Å². The van der Waals surface area contributed by atoms with Gasteiger partial charge in [-0.05, 0) is 31.0 Å². The van der Waals surface area contributed by atoms with Crippen molar-refractivity contribution in [3.05, 3.63) is 52.5 Å². The Labute approximate surface area is 101 Å². The van der Waals surface area contributed by atoms with Crippen molar-refractivity contribution in [3.63, 3.8) is 0 Å². The van der Waals surface area contributed by atoms with Gasteiger partial charge in [0.05, 0.1) is 5.02 Å². The zero-order chi connectivity index (χ0) is 11.7. The van der Waals surface area contributed by atoms with E-state index in [1.165, 1.54) is 5.56 Å². The van der Waals surface area contributed by atoms with Gasteiger partial charge in [0.15, 0.2) is 0 Å². The van der Waals surface area contributed by atoms with Gasteiger partial charge in [-0.1, -0.05) is 47.5 Å². The van der Waals surface area contributed by atoms with Crippen LogP contribution >= 0.6 is 11.6 Å². The molecule has 2 N–H and O–H groups in total. The van der Waals surface area contributed by atoms with E-state index in [0.717, 1.165) is 27.4 Å². The summed E-state index contributed by atoms with van der Waals surface area (Å²) in [6.07, 6.45) is 0. The number of halogens is 1. The number of benzene rings is 2. The van der Waals surface area contributed by atoms with Crippen molar-refractivity contribution >= 4 is 17.3 Å². The molecule has 2 rings (SSSR count). The first-order valence-electron chi connectivity index (χ1n) is 5.21. The quantitative estimate of drug-likeness (QED) is 0.732. The van der Waals surface area contributed by atoms with Crippen LogP contribution in [0.1, 0.15) is 11.1 Å². The fourth-order valence-corrected chi connectivity index (χ4v) is 2.02. The Balaban J connectivity index is 2.61. The van der Waals surface area contributed by atoms with Crippen LogP contribution in [-0.4, -0.2) is 0 Å². The van der Waals surface area contributed by atoms with Crippen molar-refractivity contribution in [2.24, 2.45) is 0 Å². The molecule has 0 unspecified atom stereocenters. The van der Waals surface area contributed by atoms with E-state index >= 15 is 0 Å². The lowest BCUT2D eigenvalue weighted by molar-refractivity contribution is 1.44. The van der Waals surface area contributed by atoms with Gasteiger partial charge in [-0.2, -0.15) is 0 Å². The van der Waals surface area contributed by atoms with Crippen LogP contribution in [0, 0.1) is 13.8 Å². The standard InChI is InChI=1S/C14H14ClN/c1-9-4-3-5-11(8-9)12-6-7-13(16)10(2)14(12)15/h3-8H,16H2,1-2H3. The zero-order valence-electron chi connectivity index (χ0n) is 9.42. The summed E-state index contributed by atoms with van der Waals surface area (Å²) in [6.45, 7) is 4.01. The maximum absolute atomic E-state index is 6.31. The SMILES string of the molecule is Cc1cccc(-c2ccc(N)c(C)c2Cl)c1. The zero-order valence-corrected chi connectivity index (χ0v) is 10.2. The van der Waals surface area contributed by atoms with Crippen molar-refractivity contribution in [3.8, 4) is 11.1 Å². The van der Waals surface area contributed by atoms with Gasteiger partial charge in [0.2, 0.25) is 0 Å². The molecule has 0 spiro atoms. The Hall–Kier alpha value is -1.47. The molecule has 16 heavy (non-hydrogen) atoms. The van der Waals surface area contributed by atoms with Gasteiger partial charge in [-0.3, -0.25) is 0 Å². The van der Waals surface area contributed by atoms with E-state index in [0.29, 0.717) is 0 Å². The van der Waals surface area contributed by atoms with Gasteiger partial charge in [0, 0.05) is 11.3 Å².